The number of fused-ring (bicyclic) bond motifs is 1. The largest absolute Gasteiger partial charge is 0.496 e. The van der Waals surface area contributed by atoms with E-state index < -0.39 is 5.56 Å². The summed E-state index contributed by atoms with van der Waals surface area (Å²) in [5.41, 5.74) is 2.47. The minimum Gasteiger partial charge on any atom is -0.496 e. The van der Waals surface area contributed by atoms with Gasteiger partial charge < -0.3 is 9.72 Å². The van der Waals surface area contributed by atoms with Gasteiger partial charge >= 0.3 is 0 Å². The number of aromatic nitrogens is 1. The van der Waals surface area contributed by atoms with E-state index in [-0.39, 0.29) is 5.56 Å². The van der Waals surface area contributed by atoms with Crippen LogP contribution >= 0.6 is 0 Å². The first-order valence-corrected chi connectivity index (χ1v) is 8.51. The minimum absolute atomic E-state index is 0.0732. The maximum Gasteiger partial charge on any atom is 0.266 e. The van der Waals surface area contributed by atoms with Gasteiger partial charge in [0.05, 0.1) is 7.11 Å². The van der Waals surface area contributed by atoms with Gasteiger partial charge in [0.1, 0.15) is 17.4 Å². The lowest BCUT2D eigenvalue weighted by Gasteiger charge is -2.12. The molecule has 1 N–H and O–H groups in total. The number of pyridine rings is 1. The zero-order chi connectivity index (χ0) is 18.8. The van der Waals surface area contributed by atoms with Crippen molar-refractivity contribution in [3.05, 3.63) is 88.7 Å². The molecule has 0 amide bonds. The monoisotopic (exact) mass is 352 g/mol. The van der Waals surface area contributed by atoms with Crippen molar-refractivity contribution in [2.75, 3.05) is 7.11 Å². The molecule has 4 nitrogen and oxygen atoms in total. The second-order valence-electron chi connectivity index (χ2n) is 6.17. The Bertz CT molecular complexity index is 1250. The molecule has 0 unspecified atom stereocenters. The van der Waals surface area contributed by atoms with Crippen LogP contribution in [0.25, 0.3) is 33.2 Å². The highest BCUT2D eigenvalue weighted by atomic mass is 16.5. The molecule has 27 heavy (non-hydrogen) atoms. The number of H-pyrrole nitrogens is 1. The predicted molar refractivity (Wildman–Crippen MR) is 107 cm³/mol. The third-order valence-corrected chi connectivity index (χ3v) is 4.60. The first-order chi connectivity index (χ1) is 13.2. The van der Waals surface area contributed by atoms with E-state index in [1.165, 1.54) is 0 Å². The van der Waals surface area contributed by atoms with E-state index in [1.807, 2.05) is 78.9 Å². The molecule has 0 saturated heterocycles. The van der Waals surface area contributed by atoms with E-state index in [0.29, 0.717) is 22.6 Å². The molecule has 0 atom stereocenters. The van der Waals surface area contributed by atoms with Crippen LogP contribution < -0.4 is 10.3 Å². The maximum absolute atomic E-state index is 12.6. The van der Waals surface area contributed by atoms with Gasteiger partial charge in [0.15, 0.2) is 0 Å². The smallest absolute Gasteiger partial charge is 0.266 e. The predicted octanol–water partition coefficient (Wildman–Crippen LogP) is 4.74. The van der Waals surface area contributed by atoms with Crippen LogP contribution in [0.4, 0.5) is 0 Å². The SMILES string of the molecule is COc1ccccc1-c1cc(-c2ccc3ccccc3c2)[nH]c(=O)c1C#N. The summed E-state index contributed by atoms with van der Waals surface area (Å²) in [6, 6.07) is 25.3. The number of nitrogens with one attached hydrogen (secondary N) is 1. The summed E-state index contributed by atoms with van der Waals surface area (Å²) in [5, 5.41) is 11.7. The van der Waals surface area contributed by atoms with Crippen molar-refractivity contribution in [1.29, 1.82) is 5.26 Å². The quantitative estimate of drug-likeness (QED) is 0.579. The van der Waals surface area contributed by atoms with Gasteiger partial charge in [0.2, 0.25) is 0 Å². The molecule has 0 saturated carbocycles. The maximum atomic E-state index is 12.6. The van der Waals surface area contributed by atoms with E-state index in [1.54, 1.807) is 7.11 Å². The number of benzene rings is 3. The molecule has 4 aromatic rings. The van der Waals surface area contributed by atoms with Crippen LogP contribution in [0.15, 0.2) is 77.6 Å². The number of hydrogen-bond acceptors (Lipinski definition) is 3. The van der Waals surface area contributed by atoms with Gasteiger partial charge in [-0.25, -0.2) is 0 Å². The highest BCUT2D eigenvalue weighted by Gasteiger charge is 2.15. The highest BCUT2D eigenvalue weighted by Crippen LogP contribution is 2.33. The summed E-state index contributed by atoms with van der Waals surface area (Å²) < 4.78 is 5.42. The zero-order valence-electron chi connectivity index (χ0n) is 14.7. The molecule has 0 spiro atoms. The van der Waals surface area contributed by atoms with Crippen LogP contribution in [0, 0.1) is 11.3 Å². The molecule has 3 aromatic carbocycles. The van der Waals surface area contributed by atoms with Gasteiger partial charge in [-0.2, -0.15) is 5.26 Å². The molecule has 0 bridgehead atoms. The van der Waals surface area contributed by atoms with Crippen molar-refractivity contribution in [2.24, 2.45) is 0 Å². The minimum atomic E-state index is -0.413. The Morgan fingerprint density at radius 2 is 1.63 bits per heavy atom. The average molecular weight is 352 g/mol. The third-order valence-electron chi connectivity index (χ3n) is 4.60. The fourth-order valence-electron chi connectivity index (χ4n) is 3.26. The standard InChI is InChI=1S/C23H16N2O2/c1-27-22-9-5-4-8-18(22)19-13-21(25-23(26)20(19)14-24)17-11-10-15-6-2-3-7-16(15)12-17/h2-13H,1H3,(H,25,26). The number of nitriles is 1. The lowest BCUT2D eigenvalue weighted by atomic mass is 9.97. The molecular formula is C23H16N2O2. The van der Waals surface area contributed by atoms with E-state index in [4.69, 9.17) is 4.74 Å². The van der Waals surface area contributed by atoms with Gasteiger partial charge in [0, 0.05) is 16.8 Å². The van der Waals surface area contributed by atoms with Crippen molar-refractivity contribution in [2.45, 2.75) is 0 Å². The highest BCUT2D eigenvalue weighted by molar-refractivity contribution is 5.87. The number of ether oxygens (including phenoxy) is 1. The van der Waals surface area contributed by atoms with Crippen LogP contribution in [0.5, 0.6) is 5.75 Å². The van der Waals surface area contributed by atoms with Crippen LogP contribution in [0.1, 0.15) is 5.56 Å². The topological polar surface area (TPSA) is 65.9 Å². The molecule has 4 heteroatoms. The second kappa shape index (κ2) is 6.81. The van der Waals surface area contributed by atoms with E-state index in [9.17, 15) is 10.1 Å². The van der Waals surface area contributed by atoms with Crippen molar-refractivity contribution in [1.82, 2.24) is 4.98 Å². The number of hydrogen-bond donors (Lipinski definition) is 1. The van der Waals surface area contributed by atoms with Gasteiger partial charge in [-0.15, -0.1) is 0 Å². The van der Waals surface area contributed by atoms with Gasteiger partial charge in [-0.05, 0) is 34.5 Å². The Hall–Kier alpha value is -3.84. The number of nitrogens with zero attached hydrogens (tertiary/aromatic N) is 1. The van der Waals surface area contributed by atoms with E-state index in [0.717, 1.165) is 16.3 Å². The van der Waals surface area contributed by atoms with Gasteiger partial charge in [0.25, 0.3) is 5.56 Å². The molecule has 4 rings (SSSR count). The Morgan fingerprint density at radius 1 is 0.889 bits per heavy atom. The summed E-state index contributed by atoms with van der Waals surface area (Å²) in [6.07, 6.45) is 0. The second-order valence-corrected chi connectivity index (χ2v) is 6.17. The summed E-state index contributed by atoms with van der Waals surface area (Å²) in [6.45, 7) is 0. The molecule has 1 heterocycles. The molecular weight excluding hydrogens is 336 g/mol. The fraction of sp³-hybridized carbons (Fsp3) is 0.0435. The molecule has 0 radical (unpaired) electrons. The molecule has 0 aliphatic rings. The van der Waals surface area contributed by atoms with Gasteiger partial charge in [-0.1, -0.05) is 54.6 Å². The zero-order valence-corrected chi connectivity index (χ0v) is 14.7. The van der Waals surface area contributed by atoms with Gasteiger partial charge in [-0.3, -0.25) is 4.79 Å². The van der Waals surface area contributed by atoms with E-state index >= 15 is 0 Å². The fourth-order valence-corrected chi connectivity index (χ4v) is 3.26. The van der Waals surface area contributed by atoms with Crippen molar-refractivity contribution in [3.8, 4) is 34.2 Å². The van der Waals surface area contributed by atoms with Crippen LogP contribution in [0.3, 0.4) is 0 Å². The molecule has 0 fully saturated rings. The Balaban J connectivity index is 1.96. The summed E-state index contributed by atoms with van der Waals surface area (Å²) in [5.74, 6) is 0.615. The Kier molecular flexibility index (Phi) is 4.19. The summed E-state index contributed by atoms with van der Waals surface area (Å²) >= 11 is 0. The average Bonchev–Trinajstić information content (AvgIpc) is 2.72. The summed E-state index contributed by atoms with van der Waals surface area (Å²) in [4.78, 5) is 15.4. The lowest BCUT2D eigenvalue weighted by molar-refractivity contribution is 0.416. The van der Waals surface area contributed by atoms with Crippen LogP contribution in [0.2, 0.25) is 0 Å². The molecule has 130 valence electrons. The Labute approximate surface area is 156 Å². The van der Waals surface area contributed by atoms with Crippen molar-refractivity contribution in [3.63, 3.8) is 0 Å². The Morgan fingerprint density at radius 3 is 2.41 bits per heavy atom. The lowest BCUT2D eigenvalue weighted by Crippen LogP contribution is -2.13. The van der Waals surface area contributed by atoms with E-state index in [2.05, 4.69) is 4.98 Å². The van der Waals surface area contributed by atoms with Crippen LogP contribution in [-0.4, -0.2) is 12.1 Å². The number of aromatic amines is 1. The first kappa shape index (κ1) is 16.6. The normalized spacial score (nSPS) is 10.5. The number of rotatable bonds is 3. The first-order valence-electron chi connectivity index (χ1n) is 8.51. The van der Waals surface area contributed by atoms with Crippen molar-refractivity contribution < 1.29 is 4.74 Å². The summed E-state index contributed by atoms with van der Waals surface area (Å²) in [7, 11) is 1.57. The molecule has 0 aliphatic heterocycles. The molecule has 0 aliphatic carbocycles. The third kappa shape index (κ3) is 2.96. The molecule has 1 aromatic heterocycles. The van der Waals surface area contributed by atoms with Crippen LogP contribution in [-0.2, 0) is 0 Å². The number of methoxy groups -OCH3 is 1. The number of para-hydroxylation sites is 1. The van der Waals surface area contributed by atoms with Crippen molar-refractivity contribution >= 4 is 10.8 Å².